The highest BCUT2D eigenvalue weighted by Gasteiger charge is 2.21. The quantitative estimate of drug-likeness (QED) is 0.125. The second-order valence-electron chi connectivity index (χ2n) is 8.86. The van der Waals surface area contributed by atoms with E-state index >= 15 is 0 Å². The number of hydrogen-bond donors (Lipinski definition) is 2. The zero-order valence-electron chi connectivity index (χ0n) is 21.1. The molecule has 32 heavy (non-hydrogen) atoms. The number of halogens is 1. The molecule has 0 saturated heterocycles. The minimum atomic E-state index is -0.532. The van der Waals surface area contributed by atoms with Gasteiger partial charge in [0, 0.05) is 6.42 Å². The summed E-state index contributed by atoms with van der Waals surface area (Å²) >= 11 is 0. The first-order chi connectivity index (χ1) is 15.2. The van der Waals surface area contributed by atoms with Crippen LogP contribution in [-0.4, -0.2) is 31.1 Å². The van der Waals surface area contributed by atoms with E-state index in [1.54, 1.807) is 6.92 Å². The van der Waals surface area contributed by atoms with Gasteiger partial charge in [-0.1, -0.05) is 96.8 Å². The van der Waals surface area contributed by atoms with E-state index in [4.69, 9.17) is 10.5 Å². The molecule has 0 aromatic heterocycles. The second-order valence-corrected chi connectivity index (χ2v) is 8.86. The van der Waals surface area contributed by atoms with Gasteiger partial charge in [0.1, 0.15) is 6.04 Å². The molecular weight excluding hydrogens is 424 g/mol. The van der Waals surface area contributed by atoms with E-state index in [2.05, 4.69) is 12.2 Å². The molecule has 0 fully saturated rings. The molecule has 0 aromatic carbocycles. The summed E-state index contributed by atoms with van der Waals surface area (Å²) in [6, 6.07) is -0.532. The average Bonchev–Trinajstić information content (AvgIpc) is 2.76. The Hall–Kier alpha value is -0.810. The summed E-state index contributed by atoms with van der Waals surface area (Å²) in [6.07, 6.45) is 22.4. The SMILES string of the molecule is CCCCCCCCCCCCCCCCCC(=O)NC(CCCCN)C(=O)OCC.Cl. The summed E-state index contributed by atoms with van der Waals surface area (Å²) in [6.45, 7) is 4.99. The van der Waals surface area contributed by atoms with E-state index in [1.165, 1.54) is 83.5 Å². The van der Waals surface area contributed by atoms with Gasteiger partial charge in [0.15, 0.2) is 0 Å². The molecule has 192 valence electrons. The summed E-state index contributed by atoms with van der Waals surface area (Å²) in [4.78, 5) is 24.2. The summed E-state index contributed by atoms with van der Waals surface area (Å²) in [5, 5.41) is 2.86. The lowest BCUT2D eigenvalue weighted by Gasteiger charge is -2.17. The van der Waals surface area contributed by atoms with Gasteiger partial charge in [0.2, 0.25) is 5.91 Å². The minimum absolute atomic E-state index is 0. The smallest absolute Gasteiger partial charge is 0.328 e. The van der Waals surface area contributed by atoms with Crippen LogP contribution in [0.15, 0.2) is 0 Å². The van der Waals surface area contributed by atoms with Crippen molar-refractivity contribution in [1.82, 2.24) is 5.32 Å². The van der Waals surface area contributed by atoms with Crippen LogP contribution in [0.1, 0.15) is 136 Å². The lowest BCUT2D eigenvalue weighted by Crippen LogP contribution is -2.41. The predicted molar refractivity (Wildman–Crippen MR) is 138 cm³/mol. The van der Waals surface area contributed by atoms with Gasteiger partial charge in [-0.25, -0.2) is 4.79 Å². The molecule has 0 aliphatic carbocycles. The van der Waals surface area contributed by atoms with Crippen LogP contribution in [0.3, 0.4) is 0 Å². The molecule has 1 amide bonds. The standard InChI is InChI=1S/C26H52N2O3.ClH/c1-3-5-6-7-8-9-10-11-12-13-14-15-16-17-18-22-25(29)28-24(21-19-20-23-27)26(30)31-4-2;/h24H,3-23,27H2,1-2H3,(H,28,29);1H. The number of hydrogen-bond acceptors (Lipinski definition) is 4. The summed E-state index contributed by atoms with van der Waals surface area (Å²) < 4.78 is 5.08. The zero-order valence-corrected chi connectivity index (χ0v) is 22.0. The first kappa shape index (κ1) is 33.4. The highest BCUT2D eigenvalue weighted by atomic mass is 35.5. The maximum atomic E-state index is 12.2. The molecule has 3 N–H and O–H groups in total. The fourth-order valence-electron chi connectivity index (χ4n) is 3.91. The monoisotopic (exact) mass is 476 g/mol. The number of nitrogens with two attached hydrogens (primary N) is 1. The van der Waals surface area contributed by atoms with Crippen LogP contribution in [0, 0.1) is 0 Å². The van der Waals surface area contributed by atoms with Gasteiger partial charge < -0.3 is 15.8 Å². The fourth-order valence-corrected chi connectivity index (χ4v) is 3.91. The third kappa shape index (κ3) is 22.4. The lowest BCUT2D eigenvalue weighted by atomic mass is 10.0. The molecule has 0 aliphatic rings. The predicted octanol–water partition coefficient (Wildman–Crippen LogP) is 6.85. The van der Waals surface area contributed by atoms with E-state index in [0.29, 0.717) is 26.0 Å². The zero-order chi connectivity index (χ0) is 23.0. The van der Waals surface area contributed by atoms with Crippen LogP contribution in [0.2, 0.25) is 0 Å². The molecule has 0 spiro atoms. The van der Waals surface area contributed by atoms with Gasteiger partial charge in [-0.3, -0.25) is 4.79 Å². The number of esters is 1. The van der Waals surface area contributed by atoms with Gasteiger partial charge in [0.25, 0.3) is 0 Å². The van der Waals surface area contributed by atoms with E-state index in [1.807, 2.05) is 0 Å². The van der Waals surface area contributed by atoms with Crippen LogP contribution in [0.5, 0.6) is 0 Å². The Morgan fingerprint density at radius 2 is 1.19 bits per heavy atom. The Balaban J connectivity index is 0. The van der Waals surface area contributed by atoms with Crippen LogP contribution in [0.4, 0.5) is 0 Å². The molecule has 0 aromatic rings. The maximum Gasteiger partial charge on any atom is 0.328 e. The highest BCUT2D eigenvalue weighted by molar-refractivity contribution is 5.85. The van der Waals surface area contributed by atoms with Crippen molar-refractivity contribution < 1.29 is 14.3 Å². The molecule has 0 aliphatic heterocycles. The molecule has 5 nitrogen and oxygen atoms in total. The summed E-state index contributed by atoms with van der Waals surface area (Å²) in [5.41, 5.74) is 5.52. The Kier molecular flexibility index (Phi) is 27.6. The van der Waals surface area contributed by atoms with Gasteiger partial charge in [-0.05, 0) is 39.2 Å². The molecule has 6 heteroatoms. The van der Waals surface area contributed by atoms with Crippen molar-refractivity contribution in [2.45, 2.75) is 142 Å². The van der Waals surface area contributed by atoms with Gasteiger partial charge >= 0.3 is 5.97 Å². The number of carbonyl (C=O) groups excluding carboxylic acids is 2. The fraction of sp³-hybridized carbons (Fsp3) is 0.923. The van der Waals surface area contributed by atoms with E-state index in [-0.39, 0.29) is 24.3 Å². The Morgan fingerprint density at radius 1 is 0.719 bits per heavy atom. The number of nitrogens with one attached hydrogen (secondary N) is 1. The first-order valence-corrected chi connectivity index (χ1v) is 13.3. The summed E-state index contributed by atoms with van der Waals surface area (Å²) in [7, 11) is 0. The van der Waals surface area contributed by atoms with E-state index < -0.39 is 6.04 Å². The van der Waals surface area contributed by atoms with Crippen LogP contribution in [-0.2, 0) is 14.3 Å². The van der Waals surface area contributed by atoms with Crippen molar-refractivity contribution in [3.63, 3.8) is 0 Å². The van der Waals surface area contributed by atoms with Crippen LogP contribution < -0.4 is 11.1 Å². The van der Waals surface area contributed by atoms with Crippen LogP contribution in [0.25, 0.3) is 0 Å². The Morgan fingerprint density at radius 3 is 1.62 bits per heavy atom. The molecule has 1 atom stereocenters. The average molecular weight is 477 g/mol. The third-order valence-corrected chi connectivity index (χ3v) is 5.86. The molecule has 0 saturated carbocycles. The molecule has 0 bridgehead atoms. The van der Waals surface area contributed by atoms with Crippen molar-refractivity contribution in [3.8, 4) is 0 Å². The topological polar surface area (TPSA) is 81.4 Å². The highest BCUT2D eigenvalue weighted by Crippen LogP contribution is 2.14. The van der Waals surface area contributed by atoms with Crippen molar-refractivity contribution in [1.29, 1.82) is 0 Å². The molecular formula is C26H53ClN2O3. The number of rotatable bonds is 23. The number of ether oxygens (including phenoxy) is 1. The number of amides is 1. The first-order valence-electron chi connectivity index (χ1n) is 13.3. The number of unbranched alkanes of at least 4 members (excludes halogenated alkanes) is 15. The largest absolute Gasteiger partial charge is 0.464 e. The third-order valence-electron chi connectivity index (χ3n) is 5.86. The normalized spacial score (nSPS) is 11.6. The van der Waals surface area contributed by atoms with Crippen molar-refractivity contribution in [2.75, 3.05) is 13.2 Å². The van der Waals surface area contributed by atoms with Crippen molar-refractivity contribution in [3.05, 3.63) is 0 Å². The van der Waals surface area contributed by atoms with E-state index in [0.717, 1.165) is 25.7 Å². The summed E-state index contributed by atoms with van der Waals surface area (Å²) in [5.74, 6) is -0.370. The van der Waals surface area contributed by atoms with Gasteiger partial charge in [-0.15, -0.1) is 12.4 Å². The number of carbonyl (C=O) groups is 2. The second kappa shape index (κ2) is 26.4. The van der Waals surface area contributed by atoms with Crippen molar-refractivity contribution in [2.24, 2.45) is 5.73 Å². The maximum absolute atomic E-state index is 12.2. The van der Waals surface area contributed by atoms with E-state index in [9.17, 15) is 9.59 Å². The van der Waals surface area contributed by atoms with Crippen LogP contribution >= 0.6 is 12.4 Å². The van der Waals surface area contributed by atoms with Crippen molar-refractivity contribution >= 4 is 24.3 Å². The molecule has 0 rings (SSSR count). The molecule has 0 radical (unpaired) electrons. The van der Waals surface area contributed by atoms with Gasteiger partial charge in [-0.2, -0.15) is 0 Å². The van der Waals surface area contributed by atoms with Gasteiger partial charge in [0.05, 0.1) is 6.61 Å². The Bertz CT molecular complexity index is 422. The Labute approximate surface area is 204 Å². The lowest BCUT2D eigenvalue weighted by molar-refractivity contribution is -0.147. The minimum Gasteiger partial charge on any atom is -0.464 e. The molecule has 0 heterocycles. The molecule has 1 unspecified atom stereocenters.